The lowest BCUT2D eigenvalue weighted by molar-refractivity contribution is 0.460. The summed E-state index contributed by atoms with van der Waals surface area (Å²) in [4.78, 5) is 11.9. The van der Waals surface area contributed by atoms with Crippen molar-refractivity contribution in [2.24, 2.45) is 0 Å². The van der Waals surface area contributed by atoms with E-state index in [4.69, 9.17) is 0 Å². The SMILES string of the molecule is c1ncnc(NC2CCCCC2)n1. The van der Waals surface area contributed by atoms with Crippen LogP contribution in [0, 0.1) is 0 Å². The van der Waals surface area contributed by atoms with Gasteiger partial charge in [-0.25, -0.2) is 15.0 Å². The monoisotopic (exact) mass is 178 g/mol. The second-order valence-corrected chi connectivity index (χ2v) is 3.44. The molecular formula is C9H14N4. The van der Waals surface area contributed by atoms with Gasteiger partial charge in [-0.15, -0.1) is 0 Å². The Labute approximate surface area is 77.8 Å². The minimum absolute atomic E-state index is 0.566. The molecule has 4 nitrogen and oxygen atoms in total. The number of nitrogens with zero attached hydrogens (tertiary/aromatic N) is 3. The summed E-state index contributed by atoms with van der Waals surface area (Å²) in [7, 11) is 0. The number of aromatic nitrogens is 3. The molecule has 1 aliphatic rings. The van der Waals surface area contributed by atoms with Gasteiger partial charge in [-0.1, -0.05) is 19.3 Å². The van der Waals surface area contributed by atoms with Crippen molar-refractivity contribution < 1.29 is 0 Å². The molecule has 70 valence electrons. The Kier molecular flexibility index (Phi) is 2.69. The summed E-state index contributed by atoms with van der Waals surface area (Å²) < 4.78 is 0. The van der Waals surface area contributed by atoms with Gasteiger partial charge in [0.1, 0.15) is 12.7 Å². The predicted molar refractivity (Wildman–Crippen MR) is 50.3 cm³/mol. The van der Waals surface area contributed by atoms with Crippen molar-refractivity contribution in [1.82, 2.24) is 15.0 Å². The van der Waals surface area contributed by atoms with Crippen LogP contribution in [0.3, 0.4) is 0 Å². The molecule has 0 bridgehead atoms. The van der Waals surface area contributed by atoms with Gasteiger partial charge < -0.3 is 5.32 Å². The number of nitrogens with one attached hydrogen (secondary N) is 1. The van der Waals surface area contributed by atoms with Crippen molar-refractivity contribution in [2.45, 2.75) is 38.1 Å². The quantitative estimate of drug-likeness (QED) is 0.747. The van der Waals surface area contributed by atoms with E-state index in [0.717, 1.165) is 0 Å². The Hall–Kier alpha value is -1.19. The average molecular weight is 178 g/mol. The standard InChI is InChI=1S/C9H14N4/c1-2-4-8(5-3-1)13-9-11-6-10-7-12-9/h6-8H,1-5H2,(H,10,11,12,13). The molecule has 4 heteroatoms. The molecule has 0 radical (unpaired) electrons. The van der Waals surface area contributed by atoms with Crippen LogP contribution >= 0.6 is 0 Å². The Balaban J connectivity index is 1.90. The molecule has 2 rings (SSSR count). The fourth-order valence-corrected chi connectivity index (χ4v) is 1.74. The molecule has 0 saturated heterocycles. The van der Waals surface area contributed by atoms with Crippen LogP contribution in [0.5, 0.6) is 0 Å². The van der Waals surface area contributed by atoms with Gasteiger partial charge in [-0.3, -0.25) is 0 Å². The van der Waals surface area contributed by atoms with Gasteiger partial charge in [0.25, 0.3) is 0 Å². The molecule has 1 aromatic rings. The molecule has 0 aliphatic heterocycles. The number of anilines is 1. The molecule has 13 heavy (non-hydrogen) atoms. The normalized spacial score (nSPS) is 18.5. The summed E-state index contributed by atoms with van der Waals surface area (Å²) in [6.07, 6.45) is 9.55. The van der Waals surface area contributed by atoms with Gasteiger partial charge in [0.15, 0.2) is 0 Å². The van der Waals surface area contributed by atoms with Crippen molar-refractivity contribution in [3.8, 4) is 0 Å². The molecule has 1 N–H and O–H groups in total. The van der Waals surface area contributed by atoms with Crippen molar-refractivity contribution >= 4 is 5.95 Å². The van der Waals surface area contributed by atoms with Crippen molar-refractivity contribution in [1.29, 1.82) is 0 Å². The van der Waals surface area contributed by atoms with Crippen LogP contribution in [0.2, 0.25) is 0 Å². The van der Waals surface area contributed by atoms with Crippen molar-refractivity contribution in [3.63, 3.8) is 0 Å². The summed E-state index contributed by atoms with van der Waals surface area (Å²) >= 11 is 0. The van der Waals surface area contributed by atoms with E-state index in [9.17, 15) is 0 Å². The lowest BCUT2D eigenvalue weighted by Crippen LogP contribution is -2.23. The molecule has 0 spiro atoms. The maximum Gasteiger partial charge on any atom is 0.225 e. The Morgan fingerprint density at radius 2 is 1.77 bits per heavy atom. The highest BCUT2D eigenvalue weighted by atomic mass is 15.1. The summed E-state index contributed by atoms with van der Waals surface area (Å²) in [5, 5.41) is 3.32. The third-order valence-corrected chi connectivity index (χ3v) is 2.43. The maximum absolute atomic E-state index is 4.04. The highest BCUT2D eigenvalue weighted by molar-refractivity contribution is 5.22. The van der Waals surface area contributed by atoms with Crippen LogP contribution < -0.4 is 5.32 Å². The Morgan fingerprint density at radius 1 is 1.08 bits per heavy atom. The molecule has 0 unspecified atom stereocenters. The number of hydrogen-bond donors (Lipinski definition) is 1. The zero-order valence-corrected chi connectivity index (χ0v) is 7.61. The third-order valence-electron chi connectivity index (χ3n) is 2.43. The fraction of sp³-hybridized carbons (Fsp3) is 0.667. The minimum Gasteiger partial charge on any atom is -0.351 e. The first-order chi connectivity index (χ1) is 6.45. The van der Waals surface area contributed by atoms with Crippen LogP contribution in [-0.4, -0.2) is 21.0 Å². The van der Waals surface area contributed by atoms with E-state index in [-0.39, 0.29) is 0 Å². The molecule has 1 fully saturated rings. The van der Waals surface area contributed by atoms with E-state index in [0.29, 0.717) is 12.0 Å². The van der Waals surface area contributed by atoms with Crippen LogP contribution in [0.1, 0.15) is 32.1 Å². The highest BCUT2D eigenvalue weighted by Gasteiger charge is 2.13. The Bertz CT molecular complexity index is 243. The van der Waals surface area contributed by atoms with Crippen LogP contribution in [0.15, 0.2) is 12.7 Å². The van der Waals surface area contributed by atoms with Gasteiger partial charge >= 0.3 is 0 Å². The summed E-state index contributed by atoms with van der Waals surface area (Å²) in [6.45, 7) is 0. The van der Waals surface area contributed by atoms with Gasteiger partial charge in [0, 0.05) is 6.04 Å². The van der Waals surface area contributed by atoms with Crippen LogP contribution in [0.25, 0.3) is 0 Å². The zero-order valence-electron chi connectivity index (χ0n) is 7.61. The van der Waals surface area contributed by atoms with Crippen molar-refractivity contribution in [3.05, 3.63) is 12.7 Å². The molecule has 0 amide bonds. The van der Waals surface area contributed by atoms with Gasteiger partial charge in [-0.2, -0.15) is 0 Å². The number of rotatable bonds is 2. The molecule has 1 saturated carbocycles. The summed E-state index contributed by atoms with van der Waals surface area (Å²) in [6, 6.07) is 0.566. The molecule has 1 heterocycles. The Morgan fingerprint density at radius 3 is 2.46 bits per heavy atom. The summed E-state index contributed by atoms with van der Waals surface area (Å²) in [5.41, 5.74) is 0. The second kappa shape index (κ2) is 4.16. The largest absolute Gasteiger partial charge is 0.351 e. The first-order valence-corrected chi connectivity index (χ1v) is 4.84. The minimum atomic E-state index is 0.566. The van der Waals surface area contributed by atoms with E-state index >= 15 is 0 Å². The number of hydrogen-bond acceptors (Lipinski definition) is 4. The topological polar surface area (TPSA) is 50.7 Å². The molecular weight excluding hydrogens is 164 g/mol. The van der Waals surface area contributed by atoms with E-state index in [1.54, 1.807) is 0 Å². The van der Waals surface area contributed by atoms with Gasteiger partial charge in [-0.05, 0) is 12.8 Å². The van der Waals surface area contributed by atoms with E-state index < -0.39 is 0 Å². The van der Waals surface area contributed by atoms with E-state index in [1.807, 2.05) is 0 Å². The van der Waals surface area contributed by atoms with E-state index in [1.165, 1.54) is 44.8 Å². The lowest BCUT2D eigenvalue weighted by atomic mass is 9.96. The smallest absolute Gasteiger partial charge is 0.225 e. The summed E-state index contributed by atoms with van der Waals surface area (Å²) in [5.74, 6) is 0.710. The highest BCUT2D eigenvalue weighted by Crippen LogP contribution is 2.19. The molecule has 1 aromatic heterocycles. The first kappa shape index (κ1) is 8.41. The van der Waals surface area contributed by atoms with Gasteiger partial charge in [0.05, 0.1) is 0 Å². The van der Waals surface area contributed by atoms with Crippen LogP contribution in [0.4, 0.5) is 5.95 Å². The maximum atomic E-state index is 4.04. The third kappa shape index (κ3) is 2.37. The molecule has 1 aliphatic carbocycles. The second-order valence-electron chi connectivity index (χ2n) is 3.44. The predicted octanol–water partition coefficient (Wildman–Crippen LogP) is 1.62. The van der Waals surface area contributed by atoms with E-state index in [2.05, 4.69) is 20.3 Å². The molecule has 0 atom stereocenters. The lowest BCUT2D eigenvalue weighted by Gasteiger charge is -2.22. The molecule has 0 aromatic carbocycles. The zero-order chi connectivity index (χ0) is 8.93. The van der Waals surface area contributed by atoms with Crippen LogP contribution in [-0.2, 0) is 0 Å². The average Bonchev–Trinajstić information content (AvgIpc) is 2.21. The van der Waals surface area contributed by atoms with Gasteiger partial charge in [0.2, 0.25) is 5.95 Å². The fourth-order valence-electron chi connectivity index (χ4n) is 1.74. The first-order valence-electron chi connectivity index (χ1n) is 4.84. The van der Waals surface area contributed by atoms with Crippen molar-refractivity contribution in [2.75, 3.05) is 5.32 Å².